The maximum Gasteiger partial charge on any atom is 0.316 e. The second-order valence-corrected chi connectivity index (χ2v) is 10.1. The van der Waals surface area contributed by atoms with Gasteiger partial charge < -0.3 is 9.47 Å². The monoisotopic (exact) mass is 480 g/mol. The maximum absolute atomic E-state index is 12.4. The molecule has 2 aromatic rings. The lowest BCUT2D eigenvalue weighted by Gasteiger charge is -2.22. The predicted octanol–water partition coefficient (Wildman–Crippen LogP) is 6.12. The molecule has 0 spiro atoms. The van der Waals surface area contributed by atoms with Crippen LogP contribution in [0.3, 0.4) is 0 Å². The third-order valence-electron chi connectivity index (χ3n) is 5.98. The van der Waals surface area contributed by atoms with E-state index in [0.29, 0.717) is 30.8 Å². The first-order chi connectivity index (χ1) is 16.5. The zero-order valence-electron chi connectivity index (χ0n) is 21.2. The molecule has 0 heterocycles. The molecule has 0 aromatic heterocycles. The van der Waals surface area contributed by atoms with Crippen molar-refractivity contribution in [1.82, 2.24) is 0 Å². The summed E-state index contributed by atoms with van der Waals surface area (Å²) in [5.74, 6) is 0.245. The predicted molar refractivity (Wildman–Crippen MR) is 134 cm³/mol. The van der Waals surface area contributed by atoms with Gasteiger partial charge >= 0.3 is 11.9 Å². The number of Topliss-reactive ketones (excluding diaryl/α,β-unsaturated/α-hetero) is 2. The zero-order valence-corrected chi connectivity index (χ0v) is 21.2. The van der Waals surface area contributed by atoms with Crippen molar-refractivity contribution < 1.29 is 28.7 Å². The third-order valence-corrected chi connectivity index (χ3v) is 5.98. The lowest BCUT2D eigenvalue weighted by Crippen LogP contribution is -2.29. The van der Waals surface area contributed by atoms with Crippen LogP contribution in [-0.2, 0) is 19.2 Å². The Kier molecular flexibility index (Phi) is 10.4. The Labute approximate surface area is 208 Å². The smallest absolute Gasteiger partial charge is 0.316 e. The summed E-state index contributed by atoms with van der Waals surface area (Å²) in [6.07, 6.45) is 2.30. The fraction of sp³-hybridized carbons (Fsp3) is 0.448. The van der Waals surface area contributed by atoms with E-state index in [-0.39, 0.29) is 49.2 Å². The summed E-state index contributed by atoms with van der Waals surface area (Å²) < 4.78 is 10.8. The van der Waals surface area contributed by atoms with Crippen molar-refractivity contribution in [2.45, 2.75) is 72.6 Å². The van der Waals surface area contributed by atoms with Gasteiger partial charge in [-0.25, -0.2) is 0 Å². The van der Waals surface area contributed by atoms with Crippen LogP contribution in [0.15, 0.2) is 60.7 Å². The van der Waals surface area contributed by atoms with Crippen LogP contribution in [0.25, 0.3) is 0 Å². The van der Waals surface area contributed by atoms with Gasteiger partial charge in [0.1, 0.15) is 23.1 Å². The van der Waals surface area contributed by atoms with Gasteiger partial charge in [-0.1, -0.05) is 36.4 Å². The highest BCUT2D eigenvalue weighted by atomic mass is 16.5. The minimum atomic E-state index is -0.790. The van der Waals surface area contributed by atoms with E-state index in [2.05, 4.69) is 0 Å². The summed E-state index contributed by atoms with van der Waals surface area (Å²) in [7, 11) is 0. The Hall–Kier alpha value is -3.28. The standard InChI is InChI=1S/C29H36O6/c1-28(2,26(32)34-24-14-7-5-8-15-24)20-18-22(30)12-11-13-23(31)19-21-29(3,4)27(33)35-25-16-9-6-10-17-25/h5-10,14-17H,11-13,18-21H2,1-4H3. The molecule has 0 radical (unpaired) electrons. The first-order valence-electron chi connectivity index (χ1n) is 12.1. The number of esters is 2. The fourth-order valence-corrected chi connectivity index (χ4v) is 3.31. The Morgan fingerprint density at radius 1 is 0.571 bits per heavy atom. The number of ketones is 2. The molecule has 0 amide bonds. The van der Waals surface area contributed by atoms with Crippen molar-refractivity contribution in [2.75, 3.05) is 0 Å². The van der Waals surface area contributed by atoms with E-state index in [1.165, 1.54) is 0 Å². The third kappa shape index (κ3) is 9.85. The van der Waals surface area contributed by atoms with Gasteiger partial charge in [0.05, 0.1) is 10.8 Å². The highest BCUT2D eigenvalue weighted by molar-refractivity contribution is 5.83. The maximum atomic E-state index is 12.4. The van der Waals surface area contributed by atoms with Crippen molar-refractivity contribution >= 4 is 23.5 Å². The molecule has 6 nitrogen and oxygen atoms in total. The van der Waals surface area contributed by atoms with Crippen molar-refractivity contribution in [3.05, 3.63) is 60.7 Å². The number of para-hydroxylation sites is 2. The Morgan fingerprint density at radius 3 is 1.26 bits per heavy atom. The van der Waals surface area contributed by atoms with Gasteiger partial charge in [0, 0.05) is 25.7 Å². The lowest BCUT2D eigenvalue weighted by molar-refractivity contribution is -0.145. The van der Waals surface area contributed by atoms with Gasteiger partial charge in [0.2, 0.25) is 0 Å². The SMILES string of the molecule is CC(C)(CCC(=O)CCCC(=O)CCC(C)(C)C(=O)Oc1ccccc1)C(=O)Oc1ccccc1. The summed E-state index contributed by atoms with van der Waals surface area (Å²) in [4.78, 5) is 49.5. The molecular weight excluding hydrogens is 444 g/mol. The number of hydrogen-bond donors (Lipinski definition) is 0. The van der Waals surface area contributed by atoms with Crippen LogP contribution < -0.4 is 9.47 Å². The van der Waals surface area contributed by atoms with Crippen LogP contribution in [0.4, 0.5) is 0 Å². The number of ether oxygens (including phenoxy) is 2. The second kappa shape index (κ2) is 13.0. The molecule has 0 atom stereocenters. The largest absolute Gasteiger partial charge is 0.426 e. The van der Waals surface area contributed by atoms with E-state index in [1.54, 1.807) is 76.2 Å². The van der Waals surface area contributed by atoms with Crippen LogP contribution in [0, 0.1) is 10.8 Å². The Bertz CT molecular complexity index is 911. The molecule has 0 N–H and O–H groups in total. The molecule has 6 heteroatoms. The van der Waals surface area contributed by atoms with Gasteiger partial charge in [-0.05, 0) is 71.2 Å². The molecule has 188 valence electrons. The number of hydrogen-bond acceptors (Lipinski definition) is 6. The molecule has 0 aliphatic rings. The highest BCUT2D eigenvalue weighted by Gasteiger charge is 2.31. The molecule has 0 aliphatic carbocycles. The minimum Gasteiger partial charge on any atom is -0.426 e. The molecule has 0 aliphatic heterocycles. The number of carbonyl (C=O) groups excluding carboxylic acids is 4. The second-order valence-electron chi connectivity index (χ2n) is 10.1. The first-order valence-corrected chi connectivity index (χ1v) is 12.1. The molecule has 0 saturated heterocycles. The molecule has 35 heavy (non-hydrogen) atoms. The first kappa shape index (κ1) is 28.0. The number of benzene rings is 2. The fourth-order valence-electron chi connectivity index (χ4n) is 3.31. The number of carbonyl (C=O) groups is 4. The zero-order chi connectivity index (χ0) is 25.9. The van der Waals surface area contributed by atoms with Crippen molar-refractivity contribution in [2.24, 2.45) is 10.8 Å². The van der Waals surface area contributed by atoms with Crippen molar-refractivity contribution in [3.8, 4) is 11.5 Å². The molecule has 0 bridgehead atoms. The van der Waals surface area contributed by atoms with Crippen LogP contribution >= 0.6 is 0 Å². The van der Waals surface area contributed by atoms with E-state index in [9.17, 15) is 19.2 Å². The van der Waals surface area contributed by atoms with Crippen LogP contribution in [0.5, 0.6) is 11.5 Å². The van der Waals surface area contributed by atoms with Gasteiger partial charge in [-0.15, -0.1) is 0 Å². The summed E-state index contributed by atoms with van der Waals surface area (Å²) >= 11 is 0. The van der Waals surface area contributed by atoms with Gasteiger partial charge in [-0.2, -0.15) is 0 Å². The Balaban J connectivity index is 1.66. The molecular formula is C29H36O6. The van der Waals surface area contributed by atoms with Crippen LogP contribution in [0.2, 0.25) is 0 Å². The van der Waals surface area contributed by atoms with E-state index >= 15 is 0 Å². The molecule has 2 rings (SSSR count). The van der Waals surface area contributed by atoms with Gasteiger partial charge in [-0.3, -0.25) is 19.2 Å². The van der Waals surface area contributed by atoms with E-state index in [4.69, 9.17) is 9.47 Å². The van der Waals surface area contributed by atoms with E-state index in [0.717, 1.165) is 0 Å². The van der Waals surface area contributed by atoms with Gasteiger partial charge in [0.25, 0.3) is 0 Å². The lowest BCUT2D eigenvalue weighted by atomic mass is 9.86. The quantitative estimate of drug-likeness (QED) is 0.239. The van der Waals surface area contributed by atoms with Crippen LogP contribution in [-0.4, -0.2) is 23.5 Å². The van der Waals surface area contributed by atoms with Crippen LogP contribution in [0.1, 0.15) is 72.6 Å². The average molecular weight is 481 g/mol. The summed E-state index contributed by atoms with van der Waals surface area (Å²) in [5.41, 5.74) is -1.58. The normalized spacial score (nSPS) is 11.5. The molecule has 2 aromatic carbocycles. The summed E-state index contributed by atoms with van der Waals surface area (Å²) in [6.45, 7) is 7.05. The summed E-state index contributed by atoms with van der Waals surface area (Å²) in [5, 5.41) is 0. The molecule has 0 unspecified atom stereocenters. The highest BCUT2D eigenvalue weighted by Crippen LogP contribution is 2.28. The van der Waals surface area contributed by atoms with Crippen molar-refractivity contribution in [3.63, 3.8) is 0 Å². The molecule has 0 saturated carbocycles. The Morgan fingerprint density at radius 2 is 0.914 bits per heavy atom. The van der Waals surface area contributed by atoms with E-state index in [1.807, 2.05) is 12.1 Å². The van der Waals surface area contributed by atoms with E-state index < -0.39 is 10.8 Å². The van der Waals surface area contributed by atoms with Gasteiger partial charge in [0.15, 0.2) is 0 Å². The molecule has 0 fully saturated rings. The number of rotatable bonds is 14. The average Bonchev–Trinajstić information content (AvgIpc) is 2.83. The topological polar surface area (TPSA) is 86.7 Å². The minimum absolute atomic E-state index is 0.0187. The van der Waals surface area contributed by atoms with Crippen molar-refractivity contribution in [1.29, 1.82) is 0 Å². The summed E-state index contributed by atoms with van der Waals surface area (Å²) in [6, 6.07) is 17.7.